The van der Waals surface area contributed by atoms with Gasteiger partial charge in [-0.05, 0) is 22.8 Å². The van der Waals surface area contributed by atoms with Crippen molar-refractivity contribution in [1.82, 2.24) is 20.1 Å². The average Bonchev–Trinajstić information content (AvgIpc) is 3.14. The Kier molecular flexibility index (Phi) is 4.17. The summed E-state index contributed by atoms with van der Waals surface area (Å²) in [6, 6.07) is 12.8. The van der Waals surface area contributed by atoms with Crippen molar-refractivity contribution in [2.24, 2.45) is 5.92 Å². The van der Waals surface area contributed by atoms with Crippen LogP contribution in [-0.2, 0) is 6.54 Å². The summed E-state index contributed by atoms with van der Waals surface area (Å²) in [5, 5.41) is 3.24. The molecule has 0 saturated carbocycles. The maximum Gasteiger partial charge on any atom is 0.317 e. The van der Waals surface area contributed by atoms with Gasteiger partial charge in [-0.15, -0.1) is 0 Å². The highest BCUT2D eigenvalue weighted by molar-refractivity contribution is 5.74. The molecule has 1 aliphatic carbocycles. The molecule has 2 aliphatic rings. The number of fused-ring (bicyclic) bond motifs is 3. The van der Waals surface area contributed by atoms with Crippen molar-refractivity contribution in [2.75, 3.05) is 27.2 Å². The Bertz CT molecular complexity index is 761. The van der Waals surface area contributed by atoms with Crippen LogP contribution in [0.1, 0.15) is 28.7 Å². The highest BCUT2D eigenvalue weighted by Crippen LogP contribution is 2.49. The molecule has 5 nitrogen and oxygen atoms in total. The minimum absolute atomic E-state index is 0.0221. The molecule has 0 unspecified atom stereocenters. The van der Waals surface area contributed by atoms with Crippen LogP contribution < -0.4 is 5.32 Å². The van der Waals surface area contributed by atoms with Gasteiger partial charge in [0.25, 0.3) is 0 Å². The van der Waals surface area contributed by atoms with E-state index in [1.165, 1.54) is 16.7 Å². The zero-order valence-corrected chi connectivity index (χ0v) is 14.7. The topological polar surface area (TPSA) is 48.5 Å². The van der Waals surface area contributed by atoms with Gasteiger partial charge in [-0.1, -0.05) is 30.3 Å². The summed E-state index contributed by atoms with van der Waals surface area (Å²) in [6.45, 7) is 2.94. The zero-order chi connectivity index (χ0) is 17.4. The van der Waals surface area contributed by atoms with Crippen molar-refractivity contribution >= 4 is 6.03 Å². The molecule has 1 saturated heterocycles. The Balaban J connectivity index is 1.56. The molecular weight excluding hydrogens is 312 g/mol. The van der Waals surface area contributed by atoms with Crippen molar-refractivity contribution in [3.8, 4) is 0 Å². The van der Waals surface area contributed by atoms with Crippen LogP contribution in [-0.4, -0.2) is 48.0 Å². The Morgan fingerprint density at radius 1 is 1.20 bits per heavy atom. The molecular formula is C20H24N4O. The largest absolute Gasteiger partial charge is 0.331 e. The number of hydrogen-bond donors (Lipinski definition) is 1. The van der Waals surface area contributed by atoms with Gasteiger partial charge in [0.15, 0.2) is 0 Å². The van der Waals surface area contributed by atoms with Gasteiger partial charge in [-0.25, -0.2) is 4.79 Å². The lowest BCUT2D eigenvalue weighted by Crippen LogP contribution is -2.39. The lowest BCUT2D eigenvalue weighted by Gasteiger charge is -2.24. The summed E-state index contributed by atoms with van der Waals surface area (Å²) in [5.74, 6) is 0.915. The predicted octanol–water partition coefficient (Wildman–Crippen LogP) is 2.62. The van der Waals surface area contributed by atoms with Crippen LogP contribution in [0.2, 0.25) is 0 Å². The number of pyridine rings is 1. The molecule has 3 atom stereocenters. The minimum Gasteiger partial charge on any atom is -0.331 e. The fraction of sp³-hybridized carbons (Fsp3) is 0.400. The average molecular weight is 336 g/mol. The Morgan fingerprint density at radius 3 is 2.72 bits per heavy atom. The maximum atomic E-state index is 12.3. The Labute approximate surface area is 148 Å². The van der Waals surface area contributed by atoms with Gasteiger partial charge in [0.05, 0.1) is 6.04 Å². The Morgan fingerprint density at radius 2 is 2.00 bits per heavy atom. The van der Waals surface area contributed by atoms with Gasteiger partial charge < -0.3 is 10.2 Å². The van der Waals surface area contributed by atoms with Crippen LogP contribution in [0.4, 0.5) is 4.79 Å². The molecule has 2 heterocycles. The fourth-order valence-corrected chi connectivity index (χ4v) is 4.27. The second-order valence-corrected chi connectivity index (χ2v) is 7.28. The monoisotopic (exact) mass is 336 g/mol. The molecule has 2 amide bonds. The number of carbonyl (C=O) groups excluding carboxylic acids is 1. The van der Waals surface area contributed by atoms with Crippen LogP contribution in [0.25, 0.3) is 0 Å². The van der Waals surface area contributed by atoms with E-state index in [4.69, 9.17) is 0 Å². The summed E-state index contributed by atoms with van der Waals surface area (Å²) < 4.78 is 0. The number of nitrogens with zero attached hydrogens (tertiary/aromatic N) is 3. The molecule has 1 fully saturated rings. The normalized spacial score (nSPS) is 24.6. The number of carbonyl (C=O) groups is 1. The van der Waals surface area contributed by atoms with Gasteiger partial charge in [0.2, 0.25) is 0 Å². The molecule has 1 aromatic heterocycles. The molecule has 1 aliphatic heterocycles. The van der Waals surface area contributed by atoms with E-state index >= 15 is 0 Å². The first-order chi connectivity index (χ1) is 12.1. The van der Waals surface area contributed by atoms with Crippen LogP contribution in [0.5, 0.6) is 0 Å². The summed E-state index contributed by atoms with van der Waals surface area (Å²) in [6.07, 6.45) is 3.75. The number of benzene rings is 1. The van der Waals surface area contributed by atoms with Crippen LogP contribution >= 0.6 is 0 Å². The third kappa shape index (κ3) is 3.00. The smallest absolute Gasteiger partial charge is 0.317 e. The second kappa shape index (κ2) is 6.48. The summed E-state index contributed by atoms with van der Waals surface area (Å²) >= 11 is 0. The minimum atomic E-state index is -0.0221. The van der Waals surface area contributed by atoms with Gasteiger partial charge >= 0.3 is 6.03 Å². The number of aromatic nitrogens is 1. The van der Waals surface area contributed by atoms with E-state index in [0.29, 0.717) is 11.8 Å². The summed E-state index contributed by atoms with van der Waals surface area (Å²) in [5.41, 5.74) is 3.92. The highest BCUT2D eigenvalue weighted by Gasteiger charge is 2.46. The molecule has 0 bridgehead atoms. The number of rotatable bonds is 3. The third-order valence-corrected chi connectivity index (χ3v) is 5.41. The molecule has 1 aromatic carbocycles. The van der Waals surface area contributed by atoms with Crippen LogP contribution in [0, 0.1) is 5.92 Å². The number of amides is 2. The SMILES string of the molecule is CN(C)C(=O)N[C@H]1c2ccccc2[C@@H]2CN(Cc3cccnc3)C[C@@H]21. The van der Waals surface area contributed by atoms with E-state index in [1.54, 1.807) is 19.0 Å². The third-order valence-electron chi connectivity index (χ3n) is 5.41. The summed E-state index contributed by atoms with van der Waals surface area (Å²) in [4.78, 5) is 20.6. The molecule has 1 N–H and O–H groups in total. The van der Waals surface area contributed by atoms with Crippen molar-refractivity contribution < 1.29 is 4.79 Å². The number of urea groups is 1. The first-order valence-corrected chi connectivity index (χ1v) is 8.81. The lowest BCUT2D eigenvalue weighted by molar-refractivity contribution is 0.207. The molecule has 4 rings (SSSR count). The molecule has 2 aromatic rings. The zero-order valence-electron chi connectivity index (χ0n) is 14.7. The molecule has 25 heavy (non-hydrogen) atoms. The van der Waals surface area contributed by atoms with Crippen molar-refractivity contribution in [2.45, 2.75) is 18.5 Å². The number of nitrogens with one attached hydrogen (secondary N) is 1. The van der Waals surface area contributed by atoms with E-state index < -0.39 is 0 Å². The van der Waals surface area contributed by atoms with Gasteiger partial charge in [0, 0.05) is 58.0 Å². The fourth-order valence-electron chi connectivity index (χ4n) is 4.27. The van der Waals surface area contributed by atoms with Gasteiger partial charge in [0.1, 0.15) is 0 Å². The quantitative estimate of drug-likeness (QED) is 0.937. The van der Waals surface area contributed by atoms with E-state index in [0.717, 1.165) is 19.6 Å². The van der Waals surface area contributed by atoms with E-state index in [9.17, 15) is 4.79 Å². The maximum absolute atomic E-state index is 12.3. The van der Waals surface area contributed by atoms with Crippen molar-refractivity contribution in [1.29, 1.82) is 0 Å². The first-order valence-electron chi connectivity index (χ1n) is 8.81. The molecule has 130 valence electrons. The van der Waals surface area contributed by atoms with Gasteiger partial charge in [-0.3, -0.25) is 9.88 Å². The van der Waals surface area contributed by atoms with Crippen LogP contribution in [0.15, 0.2) is 48.8 Å². The van der Waals surface area contributed by atoms with Crippen molar-refractivity contribution in [3.63, 3.8) is 0 Å². The molecule has 0 spiro atoms. The highest BCUT2D eigenvalue weighted by atomic mass is 16.2. The molecule has 5 heteroatoms. The van der Waals surface area contributed by atoms with E-state index in [2.05, 4.69) is 45.5 Å². The number of hydrogen-bond acceptors (Lipinski definition) is 3. The lowest BCUT2D eigenvalue weighted by atomic mass is 9.94. The predicted molar refractivity (Wildman–Crippen MR) is 97.1 cm³/mol. The van der Waals surface area contributed by atoms with E-state index in [-0.39, 0.29) is 12.1 Å². The van der Waals surface area contributed by atoms with Gasteiger partial charge in [-0.2, -0.15) is 0 Å². The van der Waals surface area contributed by atoms with E-state index in [1.807, 2.05) is 18.5 Å². The first kappa shape index (κ1) is 16.1. The summed E-state index contributed by atoms with van der Waals surface area (Å²) in [7, 11) is 3.58. The van der Waals surface area contributed by atoms with Crippen molar-refractivity contribution in [3.05, 3.63) is 65.5 Å². The molecule has 0 radical (unpaired) electrons. The second-order valence-electron chi connectivity index (χ2n) is 7.28. The Hall–Kier alpha value is -2.40. The van der Waals surface area contributed by atoms with Crippen LogP contribution in [0.3, 0.4) is 0 Å². The number of likely N-dealkylation sites (tertiary alicyclic amines) is 1. The standard InChI is InChI=1S/C20H24N4O/c1-23(2)20(25)22-19-16-8-4-3-7-15(16)17-12-24(13-18(17)19)11-14-6-5-9-21-10-14/h3-10,17-19H,11-13H2,1-2H3,(H,22,25)/t17-,18-,19-/m0/s1.